The average Bonchev–Trinajstić information content (AvgIpc) is 2.39. The molecule has 2 heterocycles. The molecular weight excluding hydrogens is 268 g/mol. The van der Waals surface area contributed by atoms with E-state index in [1.54, 1.807) is 4.90 Å². The molecule has 2 amide bonds. The summed E-state index contributed by atoms with van der Waals surface area (Å²) in [7, 11) is 0. The number of carbonyl (C=O) groups excluding carboxylic acids is 2. The minimum absolute atomic E-state index is 0.0339. The fraction of sp³-hybridized carbons (Fsp3) is 0.500. The van der Waals surface area contributed by atoms with Gasteiger partial charge in [0.15, 0.2) is 0 Å². The lowest BCUT2D eigenvalue weighted by Crippen LogP contribution is -2.46. The molecule has 1 aliphatic heterocycles. The topological polar surface area (TPSA) is 75.2 Å². The number of carbonyl (C=O) groups is 2. The van der Waals surface area contributed by atoms with E-state index in [1.165, 1.54) is 19.3 Å². The first kappa shape index (κ1) is 13.7. The van der Waals surface area contributed by atoms with Gasteiger partial charge in [0.05, 0.1) is 12.4 Å². The van der Waals surface area contributed by atoms with Gasteiger partial charge in [0.25, 0.3) is 5.91 Å². The summed E-state index contributed by atoms with van der Waals surface area (Å²) in [4.78, 5) is 32.6. The molecule has 0 saturated carbocycles. The highest BCUT2D eigenvalue weighted by molar-refractivity contribution is 6.29. The van der Waals surface area contributed by atoms with Gasteiger partial charge in [0.1, 0.15) is 10.8 Å². The fourth-order valence-electron chi connectivity index (χ4n) is 2.10. The monoisotopic (exact) mass is 282 g/mol. The van der Waals surface area contributed by atoms with Crippen molar-refractivity contribution < 1.29 is 9.59 Å². The number of rotatable bonds is 2. The van der Waals surface area contributed by atoms with Crippen molar-refractivity contribution in [2.45, 2.75) is 25.8 Å². The van der Waals surface area contributed by atoms with Crippen LogP contribution in [0.15, 0.2) is 12.4 Å². The van der Waals surface area contributed by atoms with E-state index in [9.17, 15) is 9.59 Å². The Hall–Kier alpha value is -1.69. The van der Waals surface area contributed by atoms with Crippen LogP contribution in [-0.4, -0.2) is 45.8 Å². The molecule has 1 fully saturated rings. The molecule has 0 bridgehead atoms. The Labute approximate surface area is 116 Å². The van der Waals surface area contributed by atoms with Crippen LogP contribution >= 0.6 is 11.6 Å². The summed E-state index contributed by atoms with van der Waals surface area (Å²) in [6, 6.07) is 0.151. The van der Waals surface area contributed by atoms with Crippen LogP contribution in [0.3, 0.4) is 0 Å². The van der Waals surface area contributed by atoms with Crippen LogP contribution in [0.5, 0.6) is 0 Å². The van der Waals surface area contributed by atoms with Crippen LogP contribution in [0.1, 0.15) is 30.3 Å². The predicted molar refractivity (Wildman–Crippen MR) is 69.8 cm³/mol. The molecule has 1 saturated heterocycles. The van der Waals surface area contributed by atoms with Crippen LogP contribution in [0.25, 0.3) is 0 Å². The van der Waals surface area contributed by atoms with Crippen molar-refractivity contribution in [3.05, 3.63) is 23.2 Å². The summed E-state index contributed by atoms with van der Waals surface area (Å²) in [6.07, 6.45) is 4.25. The predicted octanol–water partition coefficient (Wildman–Crippen LogP) is 0.871. The third-order valence-corrected chi connectivity index (χ3v) is 3.22. The Morgan fingerprint density at radius 2 is 2.00 bits per heavy atom. The van der Waals surface area contributed by atoms with Gasteiger partial charge in [-0.15, -0.1) is 0 Å². The lowest BCUT2D eigenvalue weighted by atomic mass is 10.0. The van der Waals surface area contributed by atoms with E-state index in [1.807, 2.05) is 0 Å². The minimum atomic E-state index is -0.148. The lowest BCUT2D eigenvalue weighted by Gasteiger charge is -2.31. The highest BCUT2D eigenvalue weighted by Crippen LogP contribution is 2.13. The Balaban J connectivity index is 1.92. The summed E-state index contributed by atoms with van der Waals surface area (Å²) in [6.45, 7) is 2.71. The standard InChI is InChI=1S/C12H15ClN4O2/c1-8(18)16-9-2-4-17(5-3-9)12(19)10-6-15-11(13)7-14-10/h6-7,9H,2-5H2,1H3,(H,16,18). The largest absolute Gasteiger partial charge is 0.353 e. The summed E-state index contributed by atoms with van der Waals surface area (Å²) in [5.41, 5.74) is 0.294. The molecule has 0 spiro atoms. The van der Waals surface area contributed by atoms with Crippen LogP contribution in [0, 0.1) is 0 Å². The van der Waals surface area contributed by atoms with Gasteiger partial charge in [0.2, 0.25) is 5.91 Å². The van der Waals surface area contributed by atoms with E-state index in [0.29, 0.717) is 18.8 Å². The molecule has 1 N–H and O–H groups in total. The molecule has 0 atom stereocenters. The van der Waals surface area contributed by atoms with Crippen molar-refractivity contribution in [1.82, 2.24) is 20.2 Å². The van der Waals surface area contributed by atoms with Crippen molar-refractivity contribution in [1.29, 1.82) is 0 Å². The van der Waals surface area contributed by atoms with Gasteiger partial charge in [0, 0.05) is 26.1 Å². The quantitative estimate of drug-likeness (QED) is 0.873. The summed E-state index contributed by atoms with van der Waals surface area (Å²) < 4.78 is 0. The van der Waals surface area contributed by atoms with Gasteiger partial charge in [-0.3, -0.25) is 9.59 Å². The first-order chi connectivity index (χ1) is 9.06. The number of hydrogen-bond donors (Lipinski definition) is 1. The molecule has 0 unspecified atom stereocenters. The molecule has 0 aliphatic carbocycles. The Morgan fingerprint density at radius 1 is 1.32 bits per heavy atom. The first-order valence-corrected chi connectivity index (χ1v) is 6.48. The zero-order valence-electron chi connectivity index (χ0n) is 10.6. The molecule has 19 heavy (non-hydrogen) atoms. The number of aromatic nitrogens is 2. The van der Waals surface area contributed by atoms with Crippen LogP contribution in [0.2, 0.25) is 5.15 Å². The van der Waals surface area contributed by atoms with Crippen molar-refractivity contribution in [2.24, 2.45) is 0 Å². The van der Waals surface area contributed by atoms with Crippen molar-refractivity contribution in [3.63, 3.8) is 0 Å². The second kappa shape index (κ2) is 5.97. The number of piperidine rings is 1. The normalized spacial score (nSPS) is 16.2. The number of amides is 2. The van der Waals surface area contributed by atoms with E-state index >= 15 is 0 Å². The van der Waals surface area contributed by atoms with Gasteiger partial charge < -0.3 is 10.2 Å². The summed E-state index contributed by atoms with van der Waals surface area (Å²) in [5.74, 6) is -0.182. The molecule has 1 aromatic heterocycles. The molecule has 2 rings (SSSR count). The van der Waals surface area contributed by atoms with Crippen molar-refractivity contribution >= 4 is 23.4 Å². The number of nitrogens with one attached hydrogen (secondary N) is 1. The lowest BCUT2D eigenvalue weighted by molar-refractivity contribution is -0.119. The van der Waals surface area contributed by atoms with E-state index in [-0.39, 0.29) is 23.0 Å². The third kappa shape index (κ3) is 3.64. The van der Waals surface area contributed by atoms with Crippen LogP contribution in [-0.2, 0) is 4.79 Å². The molecule has 6 nitrogen and oxygen atoms in total. The number of hydrogen-bond acceptors (Lipinski definition) is 4. The molecular formula is C12H15ClN4O2. The van der Waals surface area contributed by atoms with Crippen molar-refractivity contribution in [3.8, 4) is 0 Å². The number of nitrogens with zero attached hydrogens (tertiary/aromatic N) is 3. The molecule has 102 valence electrons. The SMILES string of the molecule is CC(=O)NC1CCN(C(=O)c2cnc(Cl)cn2)CC1. The maximum Gasteiger partial charge on any atom is 0.274 e. The zero-order valence-corrected chi connectivity index (χ0v) is 11.4. The molecule has 7 heteroatoms. The van der Waals surface area contributed by atoms with E-state index in [2.05, 4.69) is 15.3 Å². The molecule has 1 aromatic rings. The summed E-state index contributed by atoms with van der Waals surface area (Å²) >= 11 is 5.63. The Kier molecular flexibility index (Phi) is 4.31. The van der Waals surface area contributed by atoms with Gasteiger partial charge in [-0.2, -0.15) is 0 Å². The van der Waals surface area contributed by atoms with E-state index in [4.69, 9.17) is 11.6 Å². The highest BCUT2D eigenvalue weighted by Gasteiger charge is 2.24. The maximum atomic E-state index is 12.1. The molecule has 0 radical (unpaired) electrons. The second-order valence-electron chi connectivity index (χ2n) is 4.49. The van der Waals surface area contributed by atoms with E-state index in [0.717, 1.165) is 12.8 Å². The van der Waals surface area contributed by atoms with E-state index < -0.39 is 0 Å². The number of halogens is 1. The number of likely N-dealkylation sites (tertiary alicyclic amines) is 1. The summed E-state index contributed by atoms with van der Waals surface area (Å²) in [5, 5.41) is 3.13. The van der Waals surface area contributed by atoms with Gasteiger partial charge in [-0.1, -0.05) is 11.6 Å². The smallest absolute Gasteiger partial charge is 0.274 e. The highest BCUT2D eigenvalue weighted by atomic mass is 35.5. The van der Waals surface area contributed by atoms with Gasteiger partial charge >= 0.3 is 0 Å². The van der Waals surface area contributed by atoms with Gasteiger partial charge in [-0.05, 0) is 12.8 Å². The van der Waals surface area contributed by atoms with Crippen molar-refractivity contribution in [2.75, 3.05) is 13.1 Å². The van der Waals surface area contributed by atoms with Crippen LogP contribution in [0.4, 0.5) is 0 Å². The fourth-order valence-corrected chi connectivity index (χ4v) is 2.20. The average molecular weight is 283 g/mol. The van der Waals surface area contributed by atoms with Crippen LogP contribution < -0.4 is 5.32 Å². The zero-order chi connectivity index (χ0) is 13.8. The minimum Gasteiger partial charge on any atom is -0.353 e. The van der Waals surface area contributed by atoms with Gasteiger partial charge in [-0.25, -0.2) is 9.97 Å². The second-order valence-corrected chi connectivity index (χ2v) is 4.88. The molecule has 0 aromatic carbocycles. The Bertz CT molecular complexity index is 469. The maximum absolute atomic E-state index is 12.1. The molecule has 1 aliphatic rings. The first-order valence-electron chi connectivity index (χ1n) is 6.10. The third-order valence-electron chi connectivity index (χ3n) is 3.03. The Morgan fingerprint density at radius 3 is 2.53 bits per heavy atom.